The molecular formula is C33H51NO5. The number of hydroxylamine groups is 2. The van der Waals surface area contributed by atoms with Crippen LogP contribution in [0.25, 0.3) is 0 Å². The lowest BCUT2D eigenvalue weighted by Gasteiger charge is -2.70. The second kappa shape index (κ2) is 8.66. The molecule has 6 heteroatoms. The molecule has 1 amide bonds. The van der Waals surface area contributed by atoms with Gasteiger partial charge in [-0.05, 0) is 97.4 Å². The molecule has 0 aromatic rings. The molecule has 0 bridgehead atoms. The Labute approximate surface area is 235 Å². The minimum atomic E-state index is -0.629. The largest absolute Gasteiger partial charge is 0.462 e. The number of fused-ring (bicyclic) bond motifs is 7. The molecule has 0 aromatic heterocycles. The standard InChI is InChI=1S/C33H51NO5/c1-20(35)39-25-11-12-31(6)24(28(25,2)3)10-13-33(8)26(31)23(36)18-21-22-19-30(5,27(37)34(9)38)15-14-29(22,4)16-17-32(21,33)7/h18,22,24-26,38H,10-17,19H2,1-9H3/t22-,24?,25-,26+,29+,30-,31-,32+,33+/m0/s1. The zero-order valence-corrected chi connectivity index (χ0v) is 25.8. The molecule has 1 unspecified atom stereocenters. The SMILES string of the molecule is CC(=O)O[C@H]1CC[C@@]2(C)C(CC[C@]3(C)[C@@H]2C(=O)C=C2[C@@H]4C[C@@](C)(C(=O)N(C)O)CC[C@]4(C)CC[C@]23C)C1(C)C. The van der Waals surface area contributed by atoms with Gasteiger partial charge >= 0.3 is 5.97 Å². The van der Waals surface area contributed by atoms with Crippen LogP contribution in [0.3, 0.4) is 0 Å². The van der Waals surface area contributed by atoms with E-state index in [1.165, 1.54) is 19.5 Å². The van der Waals surface area contributed by atoms with E-state index < -0.39 is 5.41 Å². The maximum Gasteiger partial charge on any atom is 0.302 e. The average Bonchev–Trinajstić information content (AvgIpc) is 2.82. The molecule has 5 aliphatic carbocycles. The van der Waals surface area contributed by atoms with Crippen molar-refractivity contribution in [3.8, 4) is 0 Å². The van der Waals surface area contributed by atoms with Gasteiger partial charge in [0.2, 0.25) is 0 Å². The minimum absolute atomic E-state index is 0.0633. The summed E-state index contributed by atoms with van der Waals surface area (Å²) in [6.45, 7) is 17.5. The highest BCUT2D eigenvalue weighted by Crippen LogP contribution is 2.75. The number of hydrogen-bond donors (Lipinski definition) is 1. The molecule has 0 aliphatic heterocycles. The Hall–Kier alpha value is -1.69. The van der Waals surface area contributed by atoms with E-state index in [9.17, 15) is 19.6 Å². The number of rotatable bonds is 2. The van der Waals surface area contributed by atoms with E-state index in [1.807, 2.05) is 13.0 Å². The first kappa shape index (κ1) is 28.8. The number of ketones is 1. The van der Waals surface area contributed by atoms with Crippen molar-refractivity contribution in [3.63, 3.8) is 0 Å². The first-order chi connectivity index (χ1) is 17.9. The van der Waals surface area contributed by atoms with Crippen molar-refractivity contribution < 1.29 is 24.3 Å². The van der Waals surface area contributed by atoms with E-state index in [2.05, 4.69) is 41.5 Å². The quantitative estimate of drug-likeness (QED) is 0.238. The second-order valence-electron chi connectivity index (χ2n) is 16.0. The van der Waals surface area contributed by atoms with Crippen molar-refractivity contribution in [2.45, 2.75) is 119 Å². The van der Waals surface area contributed by atoms with E-state index >= 15 is 0 Å². The van der Waals surface area contributed by atoms with Gasteiger partial charge in [-0.3, -0.25) is 19.6 Å². The highest BCUT2D eigenvalue weighted by Gasteiger charge is 2.70. The molecule has 4 fully saturated rings. The zero-order valence-electron chi connectivity index (χ0n) is 25.8. The van der Waals surface area contributed by atoms with Crippen molar-refractivity contribution in [1.82, 2.24) is 5.06 Å². The summed E-state index contributed by atoms with van der Waals surface area (Å²) < 4.78 is 5.84. The van der Waals surface area contributed by atoms with Crippen molar-refractivity contribution in [1.29, 1.82) is 0 Å². The zero-order chi connectivity index (χ0) is 29.0. The minimum Gasteiger partial charge on any atom is -0.462 e. The fourth-order valence-electron chi connectivity index (χ4n) is 11.2. The molecule has 39 heavy (non-hydrogen) atoms. The average molecular weight is 542 g/mol. The fourth-order valence-corrected chi connectivity index (χ4v) is 11.2. The molecule has 5 rings (SSSR count). The Bertz CT molecular complexity index is 1130. The molecule has 0 spiro atoms. The number of esters is 1. The fraction of sp³-hybridized carbons (Fsp3) is 0.848. The lowest BCUT2D eigenvalue weighted by molar-refractivity contribution is -0.210. The van der Waals surface area contributed by atoms with Crippen LogP contribution in [0.15, 0.2) is 11.6 Å². The van der Waals surface area contributed by atoms with Gasteiger partial charge in [-0.2, -0.15) is 0 Å². The summed E-state index contributed by atoms with van der Waals surface area (Å²) in [6.07, 6.45) is 10.1. The number of ether oxygens (including phenoxy) is 1. The third kappa shape index (κ3) is 3.78. The van der Waals surface area contributed by atoms with E-state index in [-0.39, 0.29) is 62.7 Å². The van der Waals surface area contributed by atoms with Gasteiger partial charge in [0.1, 0.15) is 6.10 Å². The molecule has 6 nitrogen and oxygen atoms in total. The number of hydrogen-bond acceptors (Lipinski definition) is 5. The molecule has 5 aliphatic rings. The Kier molecular flexibility index (Phi) is 6.40. The molecule has 1 N–H and O–H groups in total. The molecule has 0 saturated heterocycles. The summed E-state index contributed by atoms with van der Waals surface area (Å²) in [5, 5.41) is 10.8. The Morgan fingerprint density at radius 2 is 1.59 bits per heavy atom. The van der Waals surface area contributed by atoms with Crippen molar-refractivity contribution in [3.05, 3.63) is 11.6 Å². The van der Waals surface area contributed by atoms with Gasteiger partial charge in [-0.15, -0.1) is 0 Å². The number of amides is 1. The first-order valence-electron chi connectivity index (χ1n) is 15.3. The van der Waals surface area contributed by atoms with Crippen LogP contribution in [0.4, 0.5) is 0 Å². The summed E-state index contributed by atoms with van der Waals surface area (Å²) >= 11 is 0. The highest BCUT2D eigenvalue weighted by molar-refractivity contribution is 5.95. The second-order valence-corrected chi connectivity index (χ2v) is 16.0. The number of nitrogens with zero attached hydrogens (tertiary/aromatic N) is 1. The van der Waals surface area contributed by atoms with Crippen LogP contribution >= 0.6 is 0 Å². The van der Waals surface area contributed by atoms with Crippen LogP contribution in [0.5, 0.6) is 0 Å². The molecule has 9 atom stereocenters. The lowest BCUT2D eigenvalue weighted by Crippen LogP contribution is -2.66. The van der Waals surface area contributed by atoms with E-state index in [4.69, 9.17) is 4.74 Å². The Morgan fingerprint density at radius 3 is 2.21 bits per heavy atom. The number of carbonyl (C=O) groups excluding carboxylic acids is 3. The maximum absolute atomic E-state index is 14.5. The Balaban J connectivity index is 1.57. The predicted octanol–water partition coefficient (Wildman–Crippen LogP) is 6.75. The van der Waals surface area contributed by atoms with E-state index in [0.717, 1.165) is 56.4 Å². The van der Waals surface area contributed by atoms with Crippen LogP contribution in [0.1, 0.15) is 113 Å². The third-order valence-electron chi connectivity index (χ3n) is 13.6. The molecule has 4 saturated carbocycles. The normalized spacial score (nSPS) is 48.5. The van der Waals surface area contributed by atoms with Crippen molar-refractivity contribution in [2.24, 2.45) is 50.2 Å². The summed E-state index contributed by atoms with van der Waals surface area (Å²) in [4.78, 5) is 39.5. The van der Waals surface area contributed by atoms with Crippen LogP contribution < -0.4 is 0 Å². The van der Waals surface area contributed by atoms with Crippen LogP contribution in [0.2, 0.25) is 0 Å². The van der Waals surface area contributed by atoms with Crippen LogP contribution in [0, 0.1) is 50.2 Å². The molecule has 0 aromatic carbocycles. The summed E-state index contributed by atoms with van der Waals surface area (Å²) in [5.74, 6) is 0.210. The lowest BCUT2D eigenvalue weighted by atomic mass is 9.33. The molecular weight excluding hydrogens is 490 g/mol. The molecule has 0 heterocycles. The van der Waals surface area contributed by atoms with Gasteiger partial charge < -0.3 is 4.74 Å². The van der Waals surface area contributed by atoms with Crippen LogP contribution in [-0.2, 0) is 19.1 Å². The number of allylic oxidation sites excluding steroid dienone is 2. The number of carbonyl (C=O) groups is 3. The predicted molar refractivity (Wildman–Crippen MR) is 150 cm³/mol. The smallest absolute Gasteiger partial charge is 0.302 e. The van der Waals surface area contributed by atoms with Gasteiger partial charge in [0.05, 0.1) is 0 Å². The molecule has 0 radical (unpaired) electrons. The monoisotopic (exact) mass is 541 g/mol. The van der Waals surface area contributed by atoms with Gasteiger partial charge in [-0.25, -0.2) is 5.06 Å². The topological polar surface area (TPSA) is 83.9 Å². The van der Waals surface area contributed by atoms with Gasteiger partial charge in [0.15, 0.2) is 5.78 Å². The van der Waals surface area contributed by atoms with Crippen molar-refractivity contribution >= 4 is 17.7 Å². The third-order valence-corrected chi connectivity index (χ3v) is 13.6. The van der Waals surface area contributed by atoms with E-state index in [0.29, 0.717) is 12.3 Å². The summed E-state index contributed by atoms with van der Waals surface area (Å²) in [6, 6.07) is 0. The highest BCUT2D eigenvalue weighted by atomic mass is 16.5. The van der Waals surface area contributed by atoms with Gasteiger partial charge in [0, 0.05) is 30.7 Å². The summed E-state index contributed by atoms with van der Waals surface area (Å²) in [5.41, 5.74) is 0.0629. The summed E-state index contributed by atoms with van der Waals surface area (Å²) in [7, 11) is 1.43. The maximum atomic E-state index is 14.5. The van der Waals surface area contributed by atoms with E-state index in [1.54, 1.807) is 0 Å². The first-order valence-corrected chi connectivity index (χ1v) is 15.3. The van der Waals surface area contributed by atoms with Gasteiger partial charge in [0.25, 0.3) is 5.91 Å². The molecule has 218 valence electrons. The van der Waals surface area contributed by atoms with Crippen LogP contribution in [-0.4, -0.2) is 41.1 Å². The Morgan fingerprint density at radius 1 is 0.949 bits per heavy atom. The van der Waals surface area contributed by atoms with Crippen molar-refractivity contribution in [2.75, 3.05) is 7.05 Å². The van der Waals surface area contributed by atoms with Gasteiger partial charge in [-0.1, -0.05) is 54.0 Å².